The number of hydrogen-bond acceptors (Lipinski definition) is 1. The molecule has 0 saturated carbocycles. The van der Waals surface area contributed by atoms with E-state index in [2.05, 4.69) is 4.98 Å². The summed E-state index contributed by atoms with van der Waals surface area (Å²) < 4.78 is 66.2. The summed E-state index contributed by atoms with van der Waals surface area (Å²) in [5, 5.41) is 0. The van der Waals surface area contributed by atoms with Gasteiger partial charge in [0.1, 0.15) is 0 Å². The summed E-state index contributed by atoms with van der Waals surface area (Å²) in [6.45, 7) is 1.29. The highest BCUT2D eigenvalue weighted by atomic mass is 19.2. The normalized spacial score (nSPS) is 10.8. The van der Waals surface area contributed by atoms with Crippen LogP contribution in [0.1, 0.15) is 5.69 Å². The van der Waals surface area contributed by atoms with Crippen LogP contribution in [-0.2, 0) is 0 Å². The van der Waals surface area contributed by atoms with Crippen LogP contribution < -0.4 is 5.43 Å². The van der Waals surface area contributed by atoms with Crippen molar-refractivity contribution in [1.29, 1.82) is 0 Å². The molecule has 19 heavy (non-hydrogen) atoms. The Morgan fingerprint density at radius 1 is 0.842 bits per heavy atom. The van der Waals surface area contributed by atoms with Crippen LogP contribution in [0.25, 0.3) is 11.1 Å². The van der Waals surface area contributed by atoms with Gasteiger partial charge in [-0.15, -0.1) is 0 Å². The minimum absolute atomic E-state index is 0.00397. The fourth-order valence-corrected chi connectivity index (χ4v) is 1.72. The van der Waals surface area contributed by atoms with Crippen molar-refractivity contribution in [2.75, 3.05) is 0 Å². The third kappa shape index (κ3) is 1.91. The molecule has 0 atom stereocenters. The molecule has 2 nitrogen and oxygen atoms in total. The van der Waals surface area contributed by atoms with E-state index >= 15 is 0 Å². The Bertz CT molecular complexity index is 694. The van der Waals surface area contributed by atoms with Crippen molar-refractivity contribution in [3.63, 3.8) is 0 Å². The van der Waals surface area contributed by atoms with E-state index < -0.39 is 45.6 Å². The van der Waals surface area contributed by atoms with E-state index in [1.54, 1.807) is 0 Å². The SMILES string of the molecule is Cc1[nH]ccc(=O)c1-c1c(F)c(F)c(F)c(F)c1F. The molecule has 0 spiro atoms. The molecule has 1 aromatic carbocycles. The fraction of sp³-hybridized carbons (Fsp3) is 0.0833. The first-order valence-corrected chi connectivity index (χ1v) is 5.06. The quantitative estimate of drug-likeness (QED) is 0.484. The molecule has 2 aromatic rings. The van der Waals surface area contributed by atoms with E-state index in [0.717, 1.165) is 6.07 Å². The number of aryl methyl sites for hydroxylation is 1. The lowest BCUT2D eigenvalue weighted by Crippen LogP contribution is -2.12. The van der Waals surface area contributed by atoms with E-state index in [4.69, 9.17) is 0 Å². The Morgan fingerprint density at radius 3 is 1.79 bits per heavy atom. The number of pyridine rings is 1. The van der Waals surface area contributed by atoms with Crippen molar-refractivity contribution in [2.45, 2.75) is 6.92 Å². The Morgan fingerprint density at radius 2 is 1.32 bits per heavy atom. The predicted molar refractivity (Wildman–Crippen MR) is 57.0 cm³/mol. The monoisotopic (exact) mass is 275 g/mol. The van der Waals surface area contributed by atoms with Gasteiger partial charge < -0.3 is 4.98 Å². The molecule has 0 amide bonds. The minimum atomic E-state index is -2.26. The van der Waals surface area contributed by atoms with E-state index in [1.165, 1.54) is 13.1 Å². The van der Waals surface area contributed by atoms with Gasteiger partial charge in [-0.25, -0.2) is 22.0 Å². The molecule has 0 radical (unpaired) electrons. The molecule has 0 saturated heterocycles. The number of halogens is 5. The van der Waals surface area contributed by atoms with Crippen LogP contribution in [0.3, 0.4) is 0 Å². The van der Waals surface area contributed by atoms with E-state index in [-0.39, 0.29) is 5.69 Å². The van der Waals surface area contributed by atoms with Crippen LogP contribution in [0.5, 0.6) is 0 Å². The van der Waals surface area contributed by atoms with Crippen LogP contribution >= 0.6 is 0 Å². The lowest BCUT2D eigenvalue weighted by atomic mass is 10.0. The molecule has 1 heterocycles. The minimum Gasteiger partial charge on any atom is -0.364 e. The molecule has 0 aliphatic carbocycles. The number of rotatable bonds is 1. The highest BCUT2D eigenvalue weighted by Gasteiger charge is 2.28. The summed E-state index contributed by atoms with van der Waals surface area (Å²) in [5.41, 5.74) is -2.67. The van der Waals surface area contributed by atoms with Crippen molar-refractivity contribution >= 4 is 0 Å². The first-order chi connectivity index (χ1) is 8.86. The molecule has 7 heteroatoms. The third-order valence-electron chi connectivity index (χ3n) is 2.62. The van der Waals surface area contributed by atoms with Crippen LogP contribution in [0, 0.1) is 36.0 Å². The maximum Gasteiger partial charge on any atom is 0.200 e. The predicted octanol–water partition coefficient (Wildman–Crippen LogP) is 3.05. The molecular weight excluding hydrogens is 269 g/mol. The van der Waals surface area contributed by atoms with Crippen LogP contribution in [0.15, 0.2) is 17.1 Å². The van der Waals surface area contributed by atoms with Crippen molar-refractivity contribution in [3.05, 3.63) is 57.3 Å². The van der Waals surface area contributed by atoms with Gasteiger partial charge in [0.25, 0.3) is 0 Å². The number of aromatic amines is 1. The number of nitrogens with one attached hydrogen (secondary N) is 1. The fourth-order valence-electron chi connectivity index (χ4n) is 1.72. The molecule has 0 aliphatic heterocycles. The van der Waals surface area contributed by atoms with Gasteiger partial charge in [-0.05, 0) is 6.92 Å². The molecule has 0 fully saturated rings. The first-order valence-electron chi connectivity index (χ1n) is 5.06. The molecular formula is C12H6F5NO. The smallest absolute Gasteiger partial charge is 0.200 e. The Balaban J connectivity index is 2.96. The van der Waals surface area contributed by atoms with Crippen molar-refractivity contribution in [2.24, 2.45) is 0 Å². The number of H-pyrrole nitrogens is 1. The standard InChI is InChI=1S/C12H6F5NO/c1-4-6(5(19)2-3-18-4)7-8(13)10(15)12(17)11(16)9(7)14/h2-3H,1H3,(H,18,19). The average Bonchev–Trinajstić information content (AvgIpc) is 2.37. The number of benzene rings is 1. The van der Waals surface area contributed by atoms with Gasteiger partial charge in [0.05, 0.1) is 11.1 Å². The lowest BCUT2D eigenvalue weighted by molar-refractivity contribution is 0.381. The largest absolute Gasteiger partial charge is 0.364 e. The Labute approximate surface area is 103 Å². The summed E-state index contributed by atoms with van der Waals surface area (Å²) >= 11 is 0. The van der Waals surface area contributed by atoms with Gasteiger partial charge >= 0.3 is 0 Å². The van der Waals surface area contributed by atoms with Gasteiger partial charge in [-0.1, -0.05) is 0 Å². The Kier molecular flexibility index (Phi) is 3.13. The number of aromatic nitrogens is 1. The Hall–Kier alpha value is -2.18. The summed E-state index contributed by atoms with van der Waals surface area (Å²) in [6, 6.07) is 0.931. The second kappa shape index (κ2) is 4.49. The molecule has 2 rings (SSSR count). The van der Waals surface area contributed by atoms with Crippen molar-refractivity contribution in [3.8, 4) is 11.1 Å². The van der Waals surface area contributed by atoms with E-state index in [1.807, 2.05) is 0 Å². The van der Waals surface area contributed by atoms with Crippen LogP contribution in [0.2, 0.25) is 0 Å². The maximum absolute atomic E-state index is 13.6. The highest BCUT2D eigenvalue weighted by Crippen LogP contribution is 2.30. The van der Waals surface area contributed by atoms with Gasteiger partial charge in [-0.2, -0.15) is 0 Å². The average molecular weight is 275 g/mol. The van der Waals surface area contributed by atoms with E-state index in [9.17, 15) is 26.7 Å². The zero-order chi connectivity index (χ0) is 14.3. The third-order valence-corrected chi connectivity index (χ3v) is 2.62. The highest BCUT2D eigenvalue weighted by molar-refractivity contribution is 5.67. The molecule has 0 unspecified atom stereocenters. The molecule has 1 N–H and O–H groups in total. The van der Waals surface area contributed by atoms with Gasteiger partial charge in [0.15, 0.2) is 28.7 Å². The number of hydrogen-bond donors (Lipinski definition) is 1. The van der Waals surface area contributed by atoms with Gasteiger partial charge in [0.2, 0.25) is 5.82 Å². The summed E-state index contributed by atoms with van der Waals surface area (Å²) in [7, 11) is 0. The summed E-state index contributed by atoms with van der Waals surface area (Å²) in [4.78, 5) is 14.0. The zero-order valence-corrected chi connectivity index (χ0v) is 9.45. The topological polar surface area (TPSA) is 32.9 Å². The van der Waals surface area contributed by atoms with Crippen molar-refractivity contribution in [1.82, 2.24) is 4.98 Å². The summed E-state index contributed by atoms with van der Waals surface area (Å²) in [5.74, 6) is -10.5. The maximum atomic E-state index is 13.6. The zero-order valence-electron chi connectivity index (χ0n) is 9.45. The van der Waals surface area contributed by atoms with Crippen molar-refractivity contribution < 1.29 is 22.0 Å². The first kappa shape index (κ1) is 13.3. The second-order valence-electron chi connectivity index (χ2n) is 3.79. The van der Waals surface area contributed by atoms with Gasteiger partial charge in [-0.3, -0.25) is 4.79 Å². The van der Waals surface area contributed by atoms with Crippen LogP contribution in [0.4, 0.5) is 22.0 Å². The van der Waals surface area contributed by atoms with E-state index in [0.29, 0.717) is 0 Å². The lowest BCUT2D eigenvalue weighted by Gasteiger charge is -2.09. The summed E-state index contributed by atoms with van der Waals surface area (Å²) in [6.07, 6.45) is 1.20. The van der Waals surface area contributed by atoms with Crippen LogP contribution in [-0.4, -0.2) is 4.98 Å². The van der Waals surface area contributed by atoms with Gasteiger partial charge in [0, 0.05) is 18.0 Å². The molecule has 1 aromatic heterocycles. The second-order valence-corrected chi connectivity index (χ2v) is 3.79. The molecule has 0 bridgehead atoms. The molecule has 0 aliphatic rings. The molecule has 100 valence electrons.